The fraction of sp³-hybridized carbons (Fsp3) is 0.235. The van der Waals surface area contributed by atoms with Crippen LogP contribution in [0.4, 0.5) is 0 Å². The van der Waals surface area contributed by atoms with Gasteiger partial charge >= 0.3 is 0 Å². The molecule has 0 unspecified atom stereocenters. The Morgan fingerprint density at radius 3 is 2.33 bits per heavy atom. The molecule has 0 heterocycles. The van der Waals surface area contributed by atoms with Gasteiger partial charge < -0.3 is 9.47 Å². The van der Waals surface area contributed by atoms with Crippen LogP contribution in [0.15, 0.2) is 46.9 Å². The third-order valence-electron chi connectivity index (χ3n) is 2.99. The second kappa shape index (κ2) is 7.27. The fourth-order valence-corrected chi connectivity index (χ4v) is 2.09. The molecule has 0 amide bonds. The predicted octanol–water partition coefficient (Wildman–Crippen LogP) is 4.42. The largest absolute Gasteiger partial charge is 0.494 e. The average Bonchev–Trinajstić information content (AvgIpc) is 2.49. The molecule has 0 atom stereocenters. The molecule has 2 aromatic carbocycles. The molecule has 2 aromatic rings. The van der Waals surface area contributed by atoms with Crippen molar-refractivity contribution in [3.63, 3.8) is 0 Å². The summed E-state index contributed by atoms with van der Waals surface area (Å²) >= 11 is 3.43. The predicted molar refractivity (Wildman–Crippen MR) is 86.3 cm³/mol. The minimum Gasteiger partial charge on any atom is -0.494 e. The number of ketones is 1. The molecule has 2 rings (SSSR count). The van der Waals surface area contributed by atoms with Crippen molar-refractivity contribution in [3.8, 4) is 11.5 Å². The zero-order valence-corrected chi connectivity index (χ0v) is 13.6. The summed E-state index contributed by atoms with van der Waals surface area (Å²) in [6.07, 6.45) is 0. The number of hydrogen-bond donors (Lipinski definition) is 0. The van der Waals surface area contributed by atoms with Gasteiger partial charge in [0.15, 0.2) is 12.4 Å². The van der Waals surface area contributed by atoms with Gasteiger partial charge in [0.1, 0.15) is 11.5 Å². The third kappa shape index (κ3) is 4.33. The summed E-state index contributed by atoms with van der Waals surface area (Å²) in [6.45, 7) is 4.53. The topological polar surface area (TPSA) is 35.5 Å². The smallest absolute Gasteiger partial charge is 0.200 e. The molecule has 21 heavy (non-hydrogen) atoms. The Morgan fingerprint density at radius 1 is 1.05 bits per heavy atom. The van der Waals surface area contributed by atoms with Gasteiger partial charge in [-0.15, -0.1) is 0 Å². The highest BCUT2D eigenvalue weighted by Gasteiger charge is 2.07. The van der Waals surface area contributed by atoms with Crippen molar-refractivity contribution in [2.75, 3.05) is 13.2 Å². The maximum absolute atomic E-state index is 12.1. The second-order valence-electron chi connectivity index (χ2n) is 4.58. The lowest BCUT2D eigenvalue weighted by Gasteiger charge is -2.08. The molecule has 0 radical (unpaired) electrons. The normalized spacial score (nSPS) is 10.2. The maximum atomic E-state index is 12.1. The third-order valence-corrected chi connectivity index (χ3v) is 3.88. The van der Waals surface area contributed by atoms with E-state index in [4.69, 9.17) is 9.47 Å². The first-order valence-electron chi connectivity index (χ1n) is 6.75. The van der Waals surface area contributed by atoms with Gasteiger partial charge in [-0.2, -0.15) is 0 Å². The van der Waals surface area contributed by atoms with Crippen LogP contribution in [-0.4, -0.2) is 19.0 Å². The molecular formula is C17H17BrO3. The molecule has 0 saturated heterocycles. The standard InChI is InChI=1S/C17H17BrO3/c1-3-20-14-6-4-13(5-7-14)17(19)11-21-15-8-9-16(18)12(2)10-15/h4-10H,3,11H2,1-2H3. The lowest BCUT2D eigenvalue weighted by Crippen LogP contribution is -2.11. The van der Waals surface area contributed by atoms with E-state index in [1.165, 1.54) is 0 Å². The number of rotatable bonds is 6. The lowest BCUT2D eigenvalue weighted by atomic mass is 10.1. The van der Waals surface area contributed by atoms with E-state index in [0.717, 1.165) is 15.8 Å². The summed E-state index contributed by atoms with van der Waals surface area (Å²) in [5.74, 6) is 1.40. The zero-order valence-electron chi connectivity index (χ0n) is 12.1. The number of benzene rings is 2. The maximum Gasteiger partial charge on any atom is 0.200 e. The van der Waals surface area contributed by atoms with Crippen molar-refractivity contribution in [2.24, 2.45) is 0 Å². The first-order chi connectivity index (χ1) is 10.1. The number of carbonyl (C=O) groups is 1. The van der Waals surface area contributed by atoms with Crippen molar-refractivity contribution >= 4 is 21.7 Å². The van der Waals surface area contributed by atoms with E-state index in [-0.39, 0.29) is 12.4 Å². The Hall–Kier alpha value is -1.81. The summed E-state index contributed by atoms with van der Waals surface area (Å²) < 4.78 is 11.9. The number of ether oxygens (including phenoxy) is 2. The number of Topliss-reactive ketones (excluding diaryl/α,β-unsaturated/α-hetero) is 1. The van der Waals surface area contributed by atoms with Gasteiger partial charge in [0.05, 0.1) is 6.61 Å². The monoisotopic (exact) mass is 348 g/mol. The van der Waals surface area contributed by atoms with Crippen LogP contribution < -0.4 is 9.47 Å². The van der Waals surface area contributed by atoms with Gasteiger partial charge in [-0.3, -0.25) is 4.79 Å². The number of hydrogen-bond acceptors (Lipinski definition) is 3. The summed E-state index contributed by atoms with van der Waals surface area (Å²) in [6, 6.07) is 12.7. The van der Waals surface area contributed by atoms with Crippen LogP contribution in [0.25, 0.3) is 0 Å². The van der Waals surface area contributed by atoms with Crippen LogP contribution in [-0.2, 0) is 0 Å². The molecule has 0 aliphatic heterocycles. The molecule has 0 fully saturated rings. The van der Waals surface area contributed by atoms with E-state index in [2.05, 4.69) is 15.9 Å². The Kier molecular flexibility index (Phi) is 5.39. The fourth-order valence-electron chi connectivity index (χ4n) is 1.84. The lowest BCUT2D eigenvalue weighted by molar-refractivity contribution is 0.0921. The highest BCUT2D eigenvalue weighted by molar-refractivity contribution is 9.10. The number of halogens is 1. The highest BCUT2D eigenvalue weighted by Crippen LogP contribution is 2.21. The summed E-state index contributed by atoms with van der Waals surface area (Å²) in [5.41, 5.74) is 1.69. The second-order valence-corrected chi connectivity index (χ2v) is 5.43. The summed E-state index contributed by atoms with van der Waals surface area (Å²) in [4.78, 5) is 12.1. The van der Waals surface area contributed by atoms with Gasteiger partial charge in [0.2, 0.25) is 0 Å². The molecule has 0 saturated carbocycles. The number of carbonyl (C=O) groups excluding carboxylic acids is 1. The Labute approximate surface area is 133 Å². The summed E-state index contributed by atoms with van der Waals surface area (Å²) in [7, 11) is 0. The SMILES string of the molecule is CCOc1ccc(C(=O)COc2ccc(Br)c(C)c2)cc1. The molecule has 0 aromatic heterocycles. The van der Waals surface area contributed by atoms with E-state index in [1.54, 1.807) is 24.3 Å². The Morgan fingerprint density at radius 2 is 1.71 bits per heavy atom. The molecule has 3 nitrogen and oxygen atoms in total. The summed E-state index contributed by atoms with van der Waals surface area (Å²) in [5, 5.41) is 0. The van der Waals surface area contributed by atoms with Crippen molar-refractivity contribution in [1.29, 1.82) is 0 Å². The van der Waals surface area contributed by atoms with Gasteiger partial charge in [0, 0.05) is 10.0 Å². The molecule has 0 spiro atoms. The molecule has 0 bridgehead atoms. The van der Waals surface area contributed by atoms with Gasteiger partial charge in [0.25, 0.3) is 0 Å². The Balaban J connectivity index is 1.96. The first-order valence-corrected chi connectivity index (χ1v) is 7.54. The van der Waals surface area contributed by atoms with Crippen LogP contribution in [0, 0.1) is 6.92 Å². The van der Waals surface area contributed by atoms with Crippen LogP contribution in [0.1, 0.15) is 22.8 Å². The average molecular weight is 349 g/mol. The highest BCUT2D eigenvalue weighted by atomic mass is 79.9. The first kappa shape index (κ1) is 15.6. The zero-order chi connectivity index (χ0) is 15.2. The van der Waals surface area contributed by atoms with Crippen molar-refractivity contribution < 1.29 is 14.3 Å². The molecule has 0 N–H and O–H groups in total. The van der Waals surface area contributed by atoms with Crippen molar-refractivity contribution in [1.82, 2.24) is 0 Å². The molecular weight excluding hydrogens is 332 g/mol. The van der Waals surface area contributed by atoms with Crippen LogP contribution >= 0.6 is 15.9 Å². The van der Waals surface area contributed by atoms with Gasteiger partial charge in [-0.1, -0.05) is 15.9 Å². The Bertz CT molecular complexity index is 620. The van der Waals surface area contributed by atoms with Crippen LogP contribution in [0.3, 0.4) is 0 Å². The minimum atomic E-state index is -0.0568. The van der Waals surface area contributed by atoms with Gasteiger partial charge in [-0.25, -0.2) is 0 Å². The van der Waals surface area contributed by atoms with Crippen LogP contribution in [0.2, 0.25) is 0 Å². The molecule has 0 aliphatic carbocycles. The van der Waals surface area contributed by atoms with Gasteiger partial charge in [-0.05, 0) is 61.9 Å². The van der Waals surface area contributed by atoms with Crippen LogP contribution in [0.5, 0.6) is 11.5 Å². The van der Waals surface area contributed by atoms with E-state index in [0.29, 0.717) is 17.9 Å². The molecule has 4 heteroatoms. The molecule has 0 aliphatic rings. The quantitative estimate of drug-likeness (QED) is 0.725. The van der Waals surface area contributed by atoms with E-state index >= 15 is 0 Å². The van der Waals surface area contributed by atoms with E-state index < -0.39 is 0 Å². The van der Waals surface area contributed by atoms with E-state index in [1.807, 2.05) is 32.0 Å². The number of aryl methyl sites for hydroxylation is 1. The minimum absolute atomic E-state index is 0.0229. The van der Waals surface area contributed by atoms with Crippen molar-refractivity contribution in [3.05, 3.63) is 58.1 Å². The van der Waals surface area contributed by atoms with Crippen molar-refractivity contribution in [2.45, 2.75) is 13.8 Å². The molecule has 110 valence electrons. The van der Waals surface area contributed by atoms with E-state index in [9.17, 15) is 4.79 Å².